The zero-order valence-electron chi connectivity index (χ0n) is 15.4. The number of hydrogen-bond donors (Lipinski definition) is 1. The number of nitrogens with two attached hydrogens (primary N) is 1. The zero-order chi connectivity index (χ0) is 18.1. The summed E-state index contributed by atoms with van der Waals surface area (Å²) >= 11 is 0. The lowest BCUT2D eigenvalue weighted by atomic mass is 9.94. The van der Waals surface area contributed by atoms with Crippen LogP contribution in [0, 0.1) is 6.92 Å². The summed E-state index contributed by atoms with van der Waals surface area (Å²) in [4.78, 5) is 16.1. The van der Waals surface area contributed by atoms with Crippen molar-refractivity contribution in [1.29, 1.82) is 0 Å². The molecule has 1 aliphatic heterocycles. The molecule has 3 aromatic heterocycles. The first kappa shape index (κ1) is 16.9. The predicted molar refractivity (Wildman–Crippen MR) is 101 cm³/mol. The van der Waals surface area contributed by atoms with E-state index in [9.17, 15) is 0 Å². The second-order valence-corrected chi connectivity index (χ2v) is 7.10. The van der Waals surface area contributed by atoms with Crippen molar-refractivity contribution in [3.8, 4) is 0 Å². The molecule has 0 amide bonds. The zero-order valence-corrected chi connectivity index (χ0v) is 15.4. The second kappa shape index (κ2) is 6.99. The van der Waals surface area contributed by atoms with Crippen LogP contribution in [0.5, 0.6) is 0 Å². The largest absolute Gasteiger partial charge is 0.384 e. The van der Waals surface area contributed by atoms with Crippen LogP contribution in [0.2, 0.25) is 0 Å². The van der Waals surface area contributed by atoms with Gasteiger partial charge in [0.25, 0.3) is 0 Å². The van der Waals surface area contributed by atoms with Crippen molar-refractivity contribution in [2.75, 3.05) is 18.8 Å². The number of hydrogen-bond acceptors (Lipinski definition) is 6. The molecule has 1 saturated heterocycles. The van der Waals surface area contributed by atoms with E-state index in [2.05, 4.69) is 26.9 Å². The Morgan fingerprint density at radius 1 is 1.23 bits per heavy atom. The van der Waals surface area contributed by atoms with Gasteiger partial charge < -0.3 is 5.73 Å². The number of nitrogen functional groups attached to an aromatic ring is 1. The van der Waals surface area contributed by atoms with E-state index in [-0.39, 0.29) is 0 Å². The fourth-order valence-electron chi connectivity index (χ4n) is 3.69. The van der Waals surface area contributed by atoms with Crippen LogP contribution in [-0.2, 0) is 13.0 Å². The minimum Gasteiger partial charge on any atom is -0.384 e. The average Bonchev–Trinajstić information content (AvgIpc) is 3.03. The van der Waals surface area contributed by atoms with E-state index < -0.39 is 0 Å². The smallest absolute Gasteiger partial charge is 0.157 e. The Hall–Kier alpha value is -2.54. The molecule has 4 heterocycles. The van der Waals surface area contributed by atoms with Crippen LogP contribution in [0.1, 0.15) is 48.5 Å². The van der Waals surface area contributed by atoms with E-state index in [0.717, 1.165) is 67.3 Å². The molecule has 2 N–H and O–H groups in total. The minimum atomic E-state index is 0.391. The van der Waals surface area contributed by atoms with Gasteiger partial charge in [-0.25, -0.2) is 15.0 Å². The van der Waals surface area contributed by atoms with Gasteiger partial charge in [-0.1, -0.05) is 6.92 Å². The second-order valence-electron chi connectivity index (χ2n) is 7.10. The van der Waals surface area contributed by atoms with Gasteiger partial charge in [-0.15, -0.1) is 0 Å². The molecule has 1 aliphatic rings. The van der Waals surface area contributed by atoms with Crippen molar-refractivity contribution in [3.63, 3.8) is 0 Å². The first-order valence-electron chi connectivity index (χ1n) is 9.27. The third-order valence-electron chi connectivity index (χ3n) is 5.00. The van der Waals surface area contributed by atoms with Crippen molar-refractivity contribution in [3.05, 3.63) is 47.3 Å². The van der Waals surface area contributed by atoms with Crippen LogP contribution in [0.4, 0.5) is 5.82 Å². The number of likely N-dealkylation sites (tertiary alicyclic amines) is 1. The number of anilines is 1. The van der Waals surface area contributed by atoms with Crippen LogP contribution < -0.4 is 5.73 Å². The van der Waals surface area contributed by atoms with Crippen LogP contribution in [-0.4, -0.2) is 42.6 Å². The molecular weight excluding hydrogens is 326 g/mol. The molecular formula is C19H25N7. The van der Waals surface area contributed by atoms with Gasteiger partial charge in [0.1, 0.15) is 11.6 Å². The third-order valence-corrected chi connectivity index (χ3v) is 5.00. The summed E-state index contributed by atoms with van der Waals surface area (Å²) in [6.45, 7) is 6.98. The summed E-state index contributed by atoms with van der Waals surface area (Å²) in [7, 11) is 0. The number of nitrogens with zero attached hydrogens (tertiary/aromatic N) is 6. The number of aromatic nitrogens is 5. The number of piperidine rings is 1. The summed E-state index contributed by atoms with van der Waals surface area (Å²) in [5.41, 5.74) is 10.2. The molecule has 7 nitrogen and oxygen atoms in total. The Labute approximate surface area is 153 Å². The summed E-state index contributed by atoms with van der Waals surface area (Å²) in [5.74, 6) is 1.94. The Kier molecular flexibility index (Phi) is 4.55. The molecule has 3 aromatic rings. The lowest BCUT2D eigenvalue weighted by Crippen LogP contribution is -2.34. The maximum absolute atomic E-state index is 6.19. The van der Waals surface area contributed by atoms with Gasteiger partial charge in [0.05, 0.1) is 11.4 Å². The van der Waals surface area contributed by atoms with E-state index >= 15 is 0 Å². The molecule has 0 saturated carbocycles. The Bertz CT molecular complexity index is 900. The predicted octanol–water partition coefficient (Wildman–Crippen LogP) is 2.35. The van der Waals surface area contributed by atoms with Gasteiger partial charge in [0.2, 0.25) is 0 Å². The van der Waals surface area contributed by atoms with Crippen molar-refractivity contribution >= 4 is 11.5 Å². The van der Waals surface area contributed by atoms with Crippen LogP contribution >= 0.6 is 0 Å². The maximum Gasteiger partial charge on any atom is 0.157 e. The molecule has 26 heavy (non-hydrogen) atoms. The summed E-state index contributed by atoms with van der Waals surface area (Å²) < 4.78 is 1.71. The fourth-order valence-corrected chi connectivity index (χ4v) is 3.69. The molecule has 1 fully saturated rings. The molecule has 0 spiro atoms. The number of rotatable bonds is 4. The van der Waals surface area contributed by atoms with Crippen molar-refractivity contribution in [2.24, 2.45) is 0 Å². The highest BCUT2D eigenvalue weighted by Crippen LogP contribution is 2.28. The van der Waals surface area contributed by atoms with Crippen molar-refractivity contribution in [1.82, 2.24) is 29.5 Å². The lowest BCUT2D eigenvalue weighted by molar-refractivity contribution is 0.198. The Balaban J connectivity index is 1.51. The van der Waals surface area contributed by atoms with Gasteiger partial charge in [-0.3, -0.25) is 4.90 Å². The standard InChI is InChI=1S/C19H25N7/c1-3-18-21-9-14(10-22-18)11-25-6-4-5-15(12-25)16-8-17(20)26-19(23-16)7-13(2)24-26/h7-10,15H,3-6,11-12,20H2,1-2H3/t15-/m0/s1. The van der Waals surface area contributed by atoms with Crippen LogP contribution in [0.25, 0.3) is 5.65 Å². The molecule has 1 atom stereocenters. The normalized spacial score (nSPS) is 18.5. The molecule has 7 heteroatoms. The maximum atomic E-state index is 6.19. The van der Waals surface area contributed by atoms with E-state index in [0.29, 0.717) is 11.7 Å². The van der Waals surface area contributed by atoms with Gasteiger partial charge in [-0.05, 0) is 26.3 Å². The molecule has 4 rings (SSSR count). The van der Waals surface area contributed by atoms with Crippen LogP contribution in [0.15, 0.2) is 24.5 Å². The molecule has 136 valence electrons. The first-order chi connectivity index (χ1) is 12.6. The van der Waals surface area contributed by atoms with E-state index in [4.69, 9.17) is 10.7 Å². The lowest BCUT2D eigenvalue weighted by Gasteiger charge is -2.32. The van der Waals surface area contributed by atoms with Crippen molar-refractivity contribution < 1.29 is 0 Å². The SMILES string of the molecule is CCc1ncc(CN2CCC[C@H](c3cc(N)n4nc(C)cc4n3)C2)cn1. The van der Waals surface area contributed by atoms with E-state index in [1.165, 1.54) is 0 Å². The monoisotopic (exact) mass is 351 g/mol. The van der Waals surface area contributed by atoms with Gasteiger partial charge in [-0.2, -0.15) is 9.61 Å². The Morgan fingerprint density at radius 3 is 2.81 bits per heavy atom. The average molecular weight is 351 g/mol. The molecule has 0 aromatic carbocycles. The molecule has 0 radical (unpaired) electrons. The summed E-state index contributed by atoms with van der Waals surface area (Å²) in [6.07, 6.45) is 7.07. The molecule has 0 unspecified atom stereocenters. The number of aryl methyl sites for hydroxylation is 2. The highest BCUT2D eigenvalue weighted by molar-refractivity contribution is 5.48. The minimum absolute atomic E-state index is 0.391. The van der Waals surface area contributed by atoms with Crippen molar-refractivity contribution in [2.45, 2.75) is 45.6 Å². The Morgan fingerprint density at radius 2 is 2.04 bits per heavy atom. The highest BCUT2D eigenvalue weighted by Gasteiger charge is 2.23. The fraction of sp³-hybridized carbons (Fsp3) is 0.474. The van der Waals surface area contributed by atoms with Gasteiger partial charge in [0.15, 0.2) is 5.65 Å². The van der Waals surface area contributed by atoms with E-state index in [1.807, 2.05) is 31.5 Å². The topological polar surface area (TPSA) is 85.2 Å². The van der Waals surface area contributed by atoms with Gasteiger partial charge in [0, 0.05) is 55.5 Å². The van der Waals surface area contributed by atoms with Gasteiger partial charge >= 0.3 is 0 Å². The summed E-state index contributed by atoms with van der Waals surface area (Å²) in [6, 6.07) is 3.96. The molecule has 0 aliphatic carbocycles. The molecule has 0 bridgehead atoms. The quantitative estimate of drug-likeness (QED) is 0.777. The van der Waals surface area contributed by atoms with E-state index in [1.54, 1.807) is 4.52 Å². The highest BCUT2D eigenvalue weighted by atomic mass is 15.3. The first-order valence-corrected chi connectivity index (χ1v) is 9.27. The number of fused-ring (bicyclic) bond motifs is 1. The third kappa shape index (κ3) is 3.39. The summed E-state index contributed by atoms with van der Waals surface area (Å²) in [5, 5.41) is 4.39. The van der Waals surface area contributed by atoms with Crippen LogP contribution in [0.3, 0.4) is 0 Å².